The van der Waals surface area contributed by atoms with Crippen LogP contribution in [0.5, 0.6) is 0 Å². The molecule has 0 spiro atoms. The molecule has 0 heteroatoms. The molecule has 0 fully saturated rings. The number of allylic oxidation sites excluding steroid dienone is 8. The van der Waals surface area contributed by atoms with E-state index in [4.69, 9.17) is 0 Å². The Morgan fingerprint density at radius 2 is 1.92 bits per heavy atom. The van der Waals surface area contributed by atoms with E-state index < -0.39 is 0 Å². The van der Waals surface area contributed by atoms with Crippen molar-refractivity contribution < 1.29 is 0 Å². The average Bonchev–Trinajstić information content (AvgIpc) is 2.17. The molecule has 0 amide bonds. The van der Waals surface area contributed by atoms with Crippen LogP contribution >= 0.6 is 0 Å². The molecule has 0 bridgehead atoms. The highest BCUT2D eigenvalue weighted by atomic mass is 14.0. The predicted molar refractivity (Wildman–Crippen MR) is 61.7 cm³/mol. The van der Waals surface area contributed by atoms with E-state index in [9.17, 15) is 0 Å². The maximum Gasteiger partial charge on any atom is -0.00919 e. The highest BCUT2D eigenvalue weighted by molar-refractivity contribution is 5.37. The first-order valence-corrected chi connectivity index (χ1v) is 4.51. The van der Waals surface area contributed by atoms with Gasteiger partial charge in [-0.15, -0.1) is 0 Å². The van der Waals surface area contributed by atoms with Crippen LogP contribution in [0.3, 0.4) is 0 Å². The molecule has 0 aliphatic heterocycles. The molecule has 0 N–H and O–H groups in total. The van der Waals surface area contributed by atoms with E-state index in [1.165, 1.54) is 5.57 Å². The fourth-order valence-corrected chi connectivity index (χ4v) is 0.950. The van der Waals surface area contributed by atoms with Crippen LogP contribution in [0.25, 0.3) is 0 Å². The van der Waals surface area contributed by atoms with Gasteiger partial charge in [0, 0.05) is 0 Å². The Labute approximate surface area is 81.7 Å². The van der Waals surface area contributed by atoms with Crippen LogP contribution in [0.15, 0.2) is 60.8 Å². The summed E-state index contributed by atoms with van der Waals surface area (Å²) in [4.78, 5) is 0. The molecule has 0 aliphatic carbocycles. The molecule has 0 rings (SSSR count). The van der Waals surface area contributed by atoms with Crippen LogP contribution in [-0.4, -0.2) is 0 Å². The van der Waals surface area contributed by atoms with Gasteiger partial charge in [-0.05, 0) is 31.4 Å². The maximum atomic E-state index is 3.90. The second-order valence-corrected chi connectivity index (χ2v) is 2.70. The summed E-state index contributed by atoms with van der Waals surface area (Å²) in [7, 11) is 0. The third-order valence-electron chi connectivity index (χ3n) is 1.78. The summed E-state index contributed by atoms with van der Waals surface area (Å²) >= 11 is 0. The summed E-state index contributed by atoms with van der Waals surface area (Å²) in [6.45, 7) is 11.6. The lowest BCUT2D eigenvalue weighted by molar-refractivity contribution is 1.24. The minimum absolute atomic E-state index is 0.922. The molecule has 70 valence electrons. The molecule has 0 saturated heterocycles. The van der Waals surface area contributed by atoms with Crippen LogP contribution in [-0.2, 0) is 0 Å². The van der Waals surface area contributed by atoms with E-state index in [2.05, 4.69) is 25.3 Å². The van der Waals surface area contributed by atoms with Crippen molar-refractivity contribution in [2.45, 2.75) is 20.3 Å². The van der Waals surface area contributed by atoms with E-state index in [1.54, 1.807) is 6.08 Å². The average molecular weight is 174 g/mol. The van der Waals surface area contributed by atoms with Gasteiger partial charge in [0.05, 0.1) is 0 Å². The number of hydrogen-bond donors (Lipinski definition) is 0. The molecule has 0 aliphatic rings. The van der Waals surface area contributed by atoms with Gasteiger partial charge in [-0.2, -0.15) is 0 Å². The topological polar surface area (TPSA) is 0 Å². The van der Waals surface area contributed by atoms with E-state index in [0.717, 1.165) is 12.0 Å². The summed E-state index contributed by atoms with van der Waals surface area (Å²) in [5.74, 6) is 0. The minimum atomic E-state index is 0.922. The van der Waals surface area contributed by atoms with Gasteiger partial charge in [0.2, 0.25) is 0 Å². The third kappa shape index (κ3) is 5.02. The number of hydrogen-bond acceptors (Lipinski definition) is 0. The zero-order chi connectivity index (χ0) is 10.1. The molecule has 0 aromatic heterocycles. The van der Waals surface area contributed by atoms with Crippen molar-refractivity contribution in [1.29, 1.82) is 0 Å². The Hall–Kier alpha value is -1.30. The SMILES string of the molecule is C=CC(=C)/C(=C/C)C/C=C\C=C/C. The summed E-state index contributed by atoms with van der Waals surface area (Å²) in [5, 5.41) is 0. The fourth-order valence-electron chi connectivity index (χ4n) is 0.950. The van der Waals surface area contributed by atoms with E-state index in [-0.39, 0.29) is 0 Å². The summed E-state index contributed by atoms with van der Waals surface area (Å²) in [6, 6.07) is 0. The van der Waals surface area contributed by atoms with Gasteiger partial charge in [-0.1, -0.05) is 49.6 Å². The van der Waals surface area contributed by atoms with Gasteiger partial charge in [0.15, 0.2) is 0 Å². The molecule has 0 nitrogen and oxygen atoms in total. The van der Waals surface area contributed by atoms with Crippen molar-refractivity contribution in [3.05, 3.63) is 60.8 Å². The first-order valence-electron chi connectivity index (χ1n) is 4.51. The van der Waals surface area contributed by atoms with Crippen molar-refractivity contribution >= 4 is 0 Å². The van der Waals surface area contributed by atoms with Crippen molar-refractivity contribution in [3.63, 3.8) is 0 Å². The first kappa shape index (κ1) is 11.7. The normalized spacial score (nSPS) is 12.6. The monoisotopic (exact) mass is 174 g/mol. The molecule has 0 aromatic carbocycles. The lowest BCUT2D eigenvalue weighted by atomic mass is 10.0. The standard InChI is InChI=1S/C13H18/c1-5-8-9-10-11-13(7-3)12(4)6-2/h5-10H,2,4,11H2,1,3H3/b8-5-,10-9-,13-7+. The Balaban J connectivity index is 4.16. The Morgan fingerprint density at radius 3 is 2.38 bits per heavy atom. The highest BCUT2D eigenvalue weighted by Crippen LogP contribution is 2.13. The van der Waals surface area contributed by atoms with Crippen LogP contribution in [0.4, 0.5) is 0 Å². The zero-order valence-corrected chi connectivity index (χ0v) is 8.59. The molecular weight excluding hydrogens is 156 g/mol. The minimum Gasteiger partial charge on any atom is -0.0985 e. The zero-order valence-electron chi connectivity index (χ0n) is 8.59. The van der Waals surface area contributed by atoms with Crippen molar-refractivity contribution in [3.8, 4) is 0 Å². The molecule has 0 radical (unpaired) electrons. The molecular formula is C13H18. The van der Waals surface area contributed by atoms with E-state index in [0.29, 0.717) is 0 Å². The van der Waals surface area contributed by atoms with Gasteiger partial charge in [-0.25, -0.2) is 0 Å². The van der Waals surface area contributed by atoms with Crippen molar-refractivity contribution in [2.75, 3.05) is 0 Å². The molecule has 0 saturated carbocycles. The van der Waals surface area contributed by atoms with Gasteiger partial charge >= 0.3 is 0 Å². The largest absolute Gasteiger partial charge is 0.0985 e. The van der Waals surface area contributed by atoms with E-state index >= 15 is 0 Å². The van der Waals surface area contributed by atoms with E-state index in [1.807, 2.05) is 32.1 Å². The van der Waals surface area contributed by atoms with Crippen LogP contribution in [0, 0.1) is 0 Å². The molecule has 0 unspecified atom stereocenters. The fraction of sp³-hybridized carbons (Fsp3) is 0.231. The highest BCUT2D eigenvalue weighted by Gasteiger charge is 1.93. The Kier molecular flexibility index (Phi) is 6.62. The lowest BCUT2D eigenvalue weighted by Crippen LogP contribution is -1.82. The third-order valence-corrected chi connectivity index (χ3v) is 1.78. The smallest absolute Gasteiger partial charge is 0.00919 e. The van der Waals surface area contributed by atoms with Crippen LogP contribution < -0.4 is 0 Å². The summed E-state index contributed by atoms with van der Waals surface area (Å²) in [5.41, 5.74) is 2.24. The molecule has 13 heavy (non-hydrogen) atoms. The first-order chi connectivity index (χ1) is 6.26. The van der Waals surface area contributed by atoms with Gasteiger partial charge in [0.25, 0.3) is 0 Å². The molecule has 0 aromatic rings. The predicted octanol–water partition coefficient (Wildman–Crippen LogP) is 4.20. The van der Waals surface area contributed by atoms with Crippen molar-refractivity contribution in [1.82, 2.24) is 0 Å². The maximum absolute atomic E-state index is 3.90. The van der Waals surface area contributed by atoms with Gasteiger partial charge < -0.3 is 0 Å². The number of rotatable bonds is 5. The van der Waals surface area contributed by atoms with Crippen molar-refractivity contribution in [2.24, 2.45) is 0 Å². The second-order valence-electron chi connectivity index (χ2n) is 2.70. The van der Waals surface area contributed by atoms with Crippen LogP contribution in [0.1, 0.15) is 20.3 Å². The quantitative estimate of drug-likeness (QED) is 0.548. The summed E-state index contributed by atoms with van der Waals surface area (Å²) in [6.07, 6.45) is 13.0. The Morgan fingerprint density at radius 1 is 1.23 bits per heavy atom. The van der Waals surface area contributed by atoms with Crippen LogP contribution in [0.2, 0.25) is 0 Å². The molecule has 0 heterocycles. The second kappa shape index (κ2) is 7.35. The Bertz CT molecular complexity index is 249. The van der Waals surface area contributed by atoms with Gasteiger partial charge in [0.1, 0.15) is 0 Å². The molecule has 0 atom stereocenters. The summed E-state index contributed by atoms with van der Waals surface area (Å²) < 4.78 is 0. The van der Waals surface area contributed by atoms with Gasteiger partial charge in [-0.3, -0.25) is 0 Å². The lowest BCUT2D eigenvalue weighted by Gasteiger charge is -2.01.